The summed E-state index contributed by atoms with van der Waals surface area (Å²) in [5, 5.41) is 8.20. The van der Waals surface area contributed by atoms with Crippen LogP contribution in [0.25, 0.3) is 11.3 Å². The molecule has 2 heterocycles. The van der Waals surface area contributed by atoms with E-state index in [1.54, 1.807) is 12.4 Å². The van der Waals surface area contributed by atoms with Crippen molar-refractivity contribution >= 4 is 0 Å². The molecule has 0 bridgehead atoms. The zero-order valence-electron chi connectivity index (χ0n) is 9.80. The second-order valence-electron chi connectivity index (χ2n) is 3.94. The lowest BCUT2D eigenvalue weighted by molar-refractivity contribution is 0.648. The smallest absolute Gasteiger partial charge is 0.104 e. The highest BCUT2D eigenvalue weighted by Gasteiger charge is 2.13. The van der Waals surface area contributed by atoms with Gasteiger partial charge in [-0.25, -0.2) is 4.68 Å². The number of nitrogens with two attached hydrogens (primary N) is 1. The van der Waals surface area contributed by atoms with E-state index in [0.29, 0.717) is 13.1 Å². The SMILES string of the molecule is C=C(C)Cn1nnc(CN)c1-c1ccncc1. The second-order valence-corrected chi connectivity index (χ2v) is 3.94. The van der Waals surface area contributed by atoms with Crippen molar-refractivity contribution in [3.05, 3.63) is 42.4 Å². The van der Waals surface area contributed by atoms with Crippen LogP contribution in [-0.4, -0.2) is 20.0 Å². The first-order valence-corrected chi connectivity index (χ1v) is 5.39. The summed E-state index contributed by atoms with van der Waals surface area (Å²) in [4.78, 5) is 4.00. The molecular weight excluding hydrogens is 214 g/mol. The van der Waals surface area contributed by atoms with Gasteiger partial charge in [-0.05, 0) is 19.1 Å². The van der Waals surface area contributed by atoms with Crippen LogP contribution < -0.4 is 5.73 Å². The van der Waals surface area contributed by atoms with E-state index in [4.69, 9.17) is 5.73 Å². The first kappa shape index (κ1) is 11.5. The Morgan fingerprint density at radius 2 is 2.12 bits per heavy atom. The largest absolute Gasteiger partial charge is 0.325 e. The lowest BCUT2D eigenvalue weighted by atomic mass is 10.1. The minimum Gasteiger partial charge on any atom is -0.325 e. The van der Waals surface area contributed by atoms with Crippen molar-refractivity contribution in [2.45, 2.75) is 20.0 Å². The molecule has 0 aliphatic heterocycles. The van der Waals surface area contributed by atoms with E-state index in [-0.39, 0.29) is 0 Å². The van der Waals surface area contributed by atoms with Crippen molar-refractivity contribution in [1.29, 1.82) is 0 Å². The van der Waals surface area contributed by atoms with Crippen LogP contribution in [-0.2, 0) is 13.1 Å². The van der Waals surface area contributed by atoms with E-state index in [1.807, 2.05) is 23.7 Å². The Morgan fingerprint density at radius 1 is 1.41 bits per heavy atom. The molecule has 2 N–H and O–H groups in total. The Morgan fingerprint density at radius 3 is 2.71 bits per heavy atom. The Balaban J connectivity index is 2.49. The summed E-state index contributed by atoms with van der Waals surface area (Å²) in [5.41, 5.74) is 9.45. The van der Waals surface area contributed by atoms with E-state index in [9.17, 15) is 0 Å². The normalized spacial score (nSPS) is 10.5. The van der Waals surface area contributed by atoms with E-state index >= 15 is 0 Å². The van der Waals surface area contributed by atoms with Gasteiger partial charge in [-0.2, -0.15) is 0 Å². The minimum absolute atomic E-state index is 0.369. The molecule has 0 aliphatic rings. The number of aromatic nitrogens is 4. The van der Waals surface area contributed by atoms with Gasteiger partial charge in [0.05, 0.1) is 12.2 Å². The van der Waals surface area contributed by atoms with Crippen molar-refractivity contribution in [1.82, 2.24) is 20.0 Å². The molecule has 0 aromatic carbocycles. The molecule has 0 spiro atoms. The second kappa shape index (κ2) is 4.88. The molecule has 0 radical (unpaired) electrons. The van der Waals surface area contributed by atoms with Crippen LogP contribution in [0.2, 0.25) is 0 Å². The minimum atomic E-state index is 0.369. The lowest BCUT2D eigenvalue weighted by Crippen LogP contribution is -2.05. The number of rotatable bonds is 4. The molecule has 2 rings (SSSR count). The van der Waals surface area contributed by atoms with Gasteiger partial charge in [0.2, 0.25) is 0 Å². The van der Waals surface area contributed by atoms with Crippen LogP contribution in [0, 0.1) is 0 Å². The van der Waals surface area contributed by atoms with Gasteiger partial charge in [-0.1, -0.05) is 17.4 Å². The highest BCUT2D eigenvalue weighted by molar-refractivity contribution is 5.61. The topological polar surface area (TPSA) is 69.6 Å². The third-order valence-electron chi connectivity index (χ3n) is 2.37. The number of hydrogen-bond acceptors (Lipinski definition) is 4. The zero-order valence-corrected chi connectivity index (χ0v) is 9.80. The van der Waals surface area contributed by atoms with Crippen molar-refractivity contribution in [2.24, 2.45) is 5.73 Å². The van der Waals surface area contributed by atoms with E-state index in [0.717, 1.165) is 22.5 Å². The van der Waals surface area contributed by atoms with E-state index < -0.39 is 0 Å². The fourth-order valence-corrected chi connectivity index (χ4v) is 1.68. The van der Waals surface area contributed by atoms with Crippen molar-refractivity contribution in [3.63, 3.8) is 0 Å². The number of hydrogen-bond donors (Lipinski definition) is 1. The summed E-state index contributed by atoms with van der Waals surface area (Å²) < 4.78 is 1.82. The third-order valence-corrected chi connectivity index (χ3v) is 2.37. The van der Waals surface area contributed by atoms with Crippen LogP contribution >= 0.6 is 0 Å². The lowest BCUT2D eigenvalue weighted by Gasteiger charge is -2.07. The highest BCUT2D eigenvalue weighted by Crippen LogP contribution is 2.21. The van der Waals surface area contributed by atoms with Crippen LogP contribution in [0.15, 0.2) is 36.7 Å². The summed E-state index contributed by atoms with van der Waals surface area (Å²) in [5.74, 6) is 0. The van der Waals surface area contributed by atoms with Crippen LogP contribution in [0.3, 0.4) is 0 Å². The summed E-state index contributed by atoms with van der Waals surface area (Å²) in [6.07, 6.45) is 3.49. The zero-order chi connectivity index (χ0) is 12.3. The maximum Gasteiger partial charge on any atom is 0.104 e. The van der Waals surface area contributed by atoms with Gasteiger partial charge in [-0.15, -0.1) is 5.10 Å². The average molecular weight is 229 g/mol. The van der Waals surface area contributed by atoms with Gasteiger partial charge >= 0.3 is 0 Å². The number of allylic oxidation sites excluding steroid dienone is 1. The van der Waals surface area contributed by atoms with Crippen molar-refractivity contribution < 1.29 is 0 Å². The highest BCUT2D eigenvalue weighted by atomic mass is 15.4. The molecule has 0 unspecified atom stereocenters. The molecule has 0 amide bonds. The molecular formula is C12H15N5. The predicted molar refractivity (Wildman–Crippen MR) is 66.0 cm³/mol. The molecule has 5 nitrogen and oxygen atoms in total. The molecule has 5 heteroatoms. The number of pyridine rings is 1. The molecule has 2 aromatic rings. The van der Waals surface area contributed by atoms with E-state index in [1.165, 1.54) is 0 Å². The summed E-state index contributed by atoms with van der Waals surface area (Å²) in [6.45, 7) is 6.86. The fraction of sp³-hybridized carbons (Fsp3) is 0.250. The van der Waals surface area contributed by atoms with Crippen LogP contribution in [0.4, 0.5) is 0 Å². The van der Waals surface area contributed by atoms with Crippen molar-refractivity contribution in [3.8, 4) is 11.3 Å². The van der Waals surface area contributed by atoms with Gasteiger partial charge in [0.1, 0.15) is 5.69 Å². The third kappa shape index (κ3) is 2.39. The van der Waals surface area contributed by atoms with E-state index in [2.05, 4.69) is 21.9 Å². The van der Waals surface area contributed by atoms with Crippen LogP contribution in [0.1, 0.15) is 12.6 Å². The summed E-state index contributed by atoms with van der Waals surface area (Å²) in [7, 11) is 0. The molecule has 0 atom stereocenters. The van der Waals surface area contributed by atoms with Gasteiger partial charge in [-0.3, -0.25) is 4.98 Å². The maximum atomic E-state index is 5.68. The van der Waals surface area contributed by atoms with Gasteiger partial charge < -0.3 is 5.73 Å². The number of nitrogens with zero attached hydrogens (tertiary/aromatic N) is 4. The summed E-state index contributed by atoms with van der Waals surface area (Å²) in [6, 6.07) is 3.85. The van der Waals surface area contributed by atoms with Gasteiger partial charge in [0.15, 0.2) is 0 Å². The fourth-order valence-electron chi connectivity index (χ4n) is 1.68. The Kier molecular flexibility index (Phi) is 3.30. The first-order valence-electron chi connectivity index (χ1n) is 5.39. The Labute approximate surface area is 100.0 Å². The predicted octanol–water partition coefficient (Wildman–Crippen LogP) is 1.37. The van der Waals surface area contributed by atoms with Crippen molar-refractivity contribution in [2.75, 3.05) is 0 Å². The molecule has 2 aromatic heterocycles. The molecule has 17 heavy (non-hydrogen) atoms. The monoisotopic (exact) mass is 229 g/mol. The molecule has 0 fully saturated rings. The molecule has 0 saturated heterocycles. The van der Waals surface area contributed by atoms with Gasteiger partial charge in [0.25, 0.3) is 0 Å². The summed E-state index contributed by atoms with van der Waals surface area (Å²) >= 11 is 0. The Hall–Kier alpha value is -2.01. The average Bonchev–Trinajstić information content (AvgIpc) is 2.72. The Bertz CT molecular complexity index is 515. The first-order chi connectivity index (χ1) is 8.22. The molecule has 0 aliphatic carbocycles. The van der Waals surface area contributed by atoms with Crippen LogP contribution in [0.5, 0.6) is 0 Å². The molecule has 88 valence electrons. The molecule has 0 saturated carbocycles. The quantitative estimate of drug-likeness (QED) is 0.804. The van der Waals surface area contributed by atoms with Gasteiger partial charge in [0, 0.05) is 24.5 Å². The standard InChI is InChI=1S/C12H15N5/c1-9(2)8-17-12(11(7-13)15-16-17)10-3-5-14-6-4-10/h3-6H,1,7-8,13H2,2H3. The maximum absolute atomic E-state index is 5.68.